The van der Waals surface area contributed by atoms with Crippen molar-refractivity contribution in [3.05, 3.63) is 131 Å². The van der Waals surface area contributed by atoms with E-state index in [0.29, 0.717) is 5.69 Å². The Morgan fingerprint density at radius 3 is 2.11 bits per heavy atom. The van der Waals surface area contributed by atoms with Gasteiger partial charge >= 0.3 is 0 Å². The fraction of sp³-hybridized carbons (Fsp3) is 0.167. The number of carbonyl (C=O) groups excluding carboxylic acids is 1. The number of hydrogen-bond acceptors (Lipinski definition) is 3. The summed E-state index contributed by atoms with van der Waals surface area (Å²) in [6.07, 6.45) is 0. The van der Waals surface area contributed by atoms with Crippen molar-refractivity contribution in [2.45, 2.75) is 31.7 Å². The molecule has 1 N–H and O–H groups in total. The summed E-state index contributed by atoms with van der Waals surface area (Å²) in [6.45, 7) is 5.44. The molecule has 0 radical (unpaired) electrons. The summed E-state index contributed by atoms with van der Waals surface area (Å²) in [5.74, 6) is -0.399. The molecule has 36 heavy (non-hydrogen) atoms. The van der Waals surface area contributed by atoms with E-state index >= 15 is 0 Å². The van der Waals surface area contributed by atoms with Gasteiger partial charge in [-0.05, 0) is 67.3 Å². The topological polar surface area (TPSA) is 66.5 Å². The number of carbonyl (C=O) groups is 1. The normalized spacial score (nSPS) is 12.1. The summed E-state index contributed by atoms with van der Waals surface area (Å²) in [5, 5.41) is 3.09. The molecule has 0 aliphatic rings. The molecule has 184 valence electrons. The predicted octanol–water partition coefficient (Wildman–Crippen LogP) is 5.71. The maximum Gasteiger partial charge on any atom is 0.264 e. The molecule has 1 amide bonds. The van der Waals surface area contributed by atoms with Crippen molar-refractivity contribution in [3.63, 3.8) is 0 Å². The second kappa shape index (κ2) is 10.8. The third kappa shape index (κ3) is 5.66. The van der Waals surface area contributed by atoms with Crippen LogP contribution >= 0.6 is 0 Å². The highest BCUT2D eigenvalue weighted by Crippen LogP contribution is 2.27. The van der Waals surface area contributed by atoms with E-state index in [2.05, 4.69) is 5.32 Å². The van der Waals surface area contributed by atoms with E-state index in [-0.39, 0.29) is 11.4 Å². The van der Waals surface area contributed by atoms with Crippen LogP contribution in [0.25, 0.3) is 0 Å². The fourth-order valence-corrected chi connectivity index (χ4v) is 5.58. The second-order valence-corrected chi connectivity index (χ2v) is 10.8. The molecule has 0 aromatic heterocycles. The van der Waals surface area contributed by atoms with Crippen molar-refractivity contribution >= 4 is 21.6 Å². The van der Waals surface area contributed by atoms with Crippen molar-refractivity contribution in [1.82, 2.24) is 5.32 Å². The first-order valence-electron chi connectivity index (χ1n) is 11.8. The molecule has 0 heterocycles. The number of sulfonamides is 1. The van der Waals surface area contributed by atoms with Gasteiger partial charge in [-0.15, -0.1) is 0 Å². The summed E-state index contributed by atoms with van der Waals surface area (Å²) in [5.41, 5.74) is 5.22. The van der Waals surface area contributed by atoms with Crippen molar-refractivity contribution in [1.29, 1.82) is 0 Å². The minimum absolute atomic E-state index is 0.140. The number of aryl methyl sites for hydroxylation is 3. The first-order chi connectivity index (χ1) is 17.3. The van der Waals surface area contributed by atoms with Gasteiger partial charge in [0.2, 0.25) is 5.91 Å². The zero-order valence-corrected chi connectivity index (χ0v) is 21.5. The van der Waals surface area contributed by atoms with E-state index in [9.17, 15) is 13.2 Å². The minimum atomic E-state index is -3.98. The molecule has 4 rings (SSSR count). The maximum absolute atomic E-state index is 13.7. The zero-order valence-electron chi connectivity index (χ0n) is 20.7. The van der Waals surface area contributed by atoms with E-state index in [4.69, 9.17) is 0 Å². The Morgan fingerprint density at radius 2 is 1.44 bits per heavy atom. The third-order valence-corrected chi connectivity index (χ3v) is 7.91. The van der Waals surface area contributed by atoms with E-state index in [1.807, 2.05) is 81.4 Å². The molecule has 4 aromatic carbocycles. The second-order valence-electron chi connectivity index (χ2n) is 8.93. The molecule has 5 nitrogen and oxygen atoms in total. The van der Waals surface area contributed by atoms with Gasteiger partial charge in [0.1, 0.15) is 6.54 Å². The van der Waals surface area contributed by atoms with Crippen LogP contribution in [0.2, 0.25) is 0 Å². The minimum Gasteiger partial charge on any atom is -0.344 e. The molecular weight excluding hydrogens is 468 g/mol. The third-order valence-electron chi connectivity index (χ3n) is 6.12. The molecule has 0 saturated heterocycles. The Kier molecular flexibility index (Phi) is 7.55. The van der Waals surface area contributed by atoms with Gasteiger partial charge in [-0.25, -0.2) is 8.42 Å². The van der Waals surface area contributed by atoms with Crippen LogP contribution < -0.4 is 9.62 Å². The van der Waals surface area contributed by atoms with Gasteiger partial charge in [0.25, 0.3) is 10.0 Å². The quantitative estimate of drug-likeness (QED) is 0.338. The average Bonchev–Trinajstić information content (AvgIpc) is 2.87. The van der Waals surface area contributed by atoms with Crippen LogP contribution in [0.5, 0.6) is 0 Å². The molecule has 0 fully saturated rings. The summed E-state index contributed by atoms with van der Waals surface area (Å²) >= 11 is 0. The van der Waals surface area contributed by atoms with Crippen LogP contribution in [0, 0.1) is 20.8 Å². The summed E-state index contributed by atoms with van der Waals surface area (Å²) in [6, 6.07) is 31.0. The van der Waals surface area contributed by atoms with Crippen LogP contribution in [0.4, 0.5) is 5.69 Å². The number of benzene rings is 4. The lowest BCUT2D eigenvalue weighted by Gasteiger charge is -2.27. The van der Waals surface area contributed by atoms with Gasteiger partial charge in [-0.2, -0.15) is 0 Å². The Morgan fingerprint density at radius 1 is 0.778 bits per heavy atom. The van der Waals surface area contributed by atoms with Gasteiger partial charge in [0, 0.05) is 0 Å². The maximum atomic E-state index is 13.7. The van der Waals surface area contributed by atoms with Gasteiger partial charge in [-0.1, -0.05) is 84.4 Å². The smallest absolute Gasteiger partial charge is 0.264 e. The van der Waals surface area contributed by atoms with E-state index < -0.39 is 22.0 Å². The lowest BCUT2D eigenvalue weighted by atomic mass is 9.95. The summed E-state index contributed by atoms with van der Waals surface area (Å²) < 4.78 is 28.6. The van der Waals surface area contributed by atoms with Gasteiger partial charge in [0.05, 0.1) is 16.6 Å². The lowest BCUT2D eigenvalue weighted by Crippen LogP contribution is -2.42. The van der Waals surface area contributed by atoms with E-state index in [1.165, 1.54) is 4.31 Å². The highest BCUT2D eigenvalue weighted by atomic mass is 32.2. The fourth-order valence-electron chi connectivity index (χ4n) is 4.17. The first-order valence-corrected chi connectivity index (χ1v) is 13.3. The Balaban J connectivity index is 1.70. The number of anilines is 1. The number of nitrogens with one attached hydrogen (secondary N) is 1. The molecular formula is C30H30N2O3S. The largest absolute Gasteiger partial charge is 0.344 e. The number of rotatable bonds is 8. The molecule has 0 aliphatic carbocycles. The van der Waals surface area contributed by atoms with E-state index in [1.54, 1.807) is 42.5 Å². The van der Waals surface area contributed by atoms with Gasteiger partial charge < -0.3 is 5.32 Å². The zero-order chi connectivity index (χ0) is 25.7. The first kappa shape index (κ1) is 25.2. The van der Waals surface area contributed by atoms with E-state index in [0.717, 1.165) is 27.8 Å². The monoisotopic (exact) mass is 498 g/mol. The Hall–Kier alpha value is -3.90. The molecule has 4 aromatic rings. The molecule has 0 aliphatic heterocycles. The highest BCUT2D eigenvalue weighted by molar-refractivity contribution is 7.92. The van der Waals surface area contributed by atoms with Crippen LogP contribution in [0.15, 0.2) is 108 Å². The SMILES string of the molecule is Cc1ccc(S(=O)(=O)N(CC(=O)N[C@H](c2ccccc2)c2ccccc2C)c2cccc(C)c2)cc1. The Labute approximate surface area is 213 Å². The van der Waals surface area contributed by atoms with Crippen LogP contribution in [-0.4, -0.2) is 20.9 Å². The van der Waals surface area contributed by atoms with Crippen LogP contribution in [-0.2, 0) is 14.8 Å². The number of hydrogen-bond donors (Lipinski definition) is 1. The van der Waals surface area contributed by atoms with Crippen LogP contribution in [0.1, 0.15) is 33.9 Å². The lowest BCUT2D eigenvalue weighted by molar-refractivity contribution is -0.120. The molecule has 0 bridgehead atoms. The predicted molar refractivity (Wildman–Crippen MR) is 144 cm³/mol. The molecule has 1 atom stereocenters. The average molecular weight is 499 g/mol. The van der Waals surface area contributed by atoms with Crippen LogP contribution in [0.3, 0.4) is 0 Å². The van der Waals surface area contributed by atoms with Gasteiger partial charge in [0.15, 0.2) is 0 Å². The molecule has 0 unspecified atom stereocenters. The van der Waals surface area contributed by atoms with Crippen molar-refractivity contribution < 1.29 is 13.2 Å². The van der Waals surface area contributed by atoms with Crippen molar-refractivity contribution in [3.8, 4) is 0 Å². The standard InChI is InChI=1S/C30H30N2O3S/c1-22-16-18-27(19-17-22)36(34,35)32(26-14-9-10-23(2)20-26)21-29(33)31-30(25-12-5-4-6-13-25)28-15-8-7-11-24(28)3/h4-20,30H,21H2,1-3H3,(H,31,33)/t30-/m1/s1. The summed E-state index contributed by atoms with van der Waals surface area (Å²) in [4.78, 5) is 13.6. The van der Waals surface area contributed by atoms with Crippen molar-refractivity contribution in [2.24, 2.45) is 0 Å². The molecule has 0 saturated carbocycles. The van der Waals surface area contributed by atoms with Crippen molar-refractivity contribution in [2.75, 3.05) is 10.8 Å². The number of amides is 1. The molecule has 0 spiro atoms. The number of nitrogens with zero attached hydrogens (tertiary/aromatic N) is 1. The Bertz CT molecular complexity index is 1450. The highest BCUT2D eigenvalue weighted by Gasteiger charge is 2.28. The summed E-state index contributed by atoms with van der Waals surface area (Å²) in [7, 11) is -3.98. The molecule has 6 heteroatoms. The van der Waals surface area contributed by atoms with Gasteiger partial charge in [-0.3, -0.25) is 9.10 Å².